The molecule has 4 heteroatoms. The number of carbonyl (C=O) groups is 1. The fourth-order valence-electron chi connectivity index (χ4n) is 0.444. The third-order valence-electron chi connectivity index (χ3n) is 0.852. The fraction of sp³-hybridized carbons (Fsp3) is 0.857. The summed E-state index contributed by atoms with van der Waals surface area (Å²) in [7, 11) is 0. The van der Waals surface area contributed by atoms with Crippen LogP contribution in [0.3, 0.4) is 0 Å². The normalized spacial score (nSPS) is 14.3. The second-order valence-electron chi connectivity index (χ2n) is 3.23. The molecular formula is C7H14O4. The summed E-state index contributed by atoms with van der Waals surface area (Å²) >= 11 is 0. The van der Waals surface area contributed by atoms with Crippen LogP contribution in [0.15, 0.2) is 0 Å². The van der Waals surface area contributed by atoms with Gasteiger partial charge in [0.15, 0.2) is 6.10 Å². The highest BCUT2D eigenvalue weighted by Gasteiger charge is 2.21. The first-order valence-electron chi connectivity index (χ1n) is 3.38. The number of esters is 1. The molecule has 11 heavy (non-hydrogen) atoms. The first kappa shape index (κ1) is 10.4. The van der Waals surface area contributed by atoms with E-state index in [0.29, 0.717) is 0 Å². The molecule has 0 saturated carbocycles. The van der Waals surface area contributed by atoms with Gasteiger partial charge >= 0.3 is 5.97 Å². The number of hydrogen-bond donors (Lipinski definition) is 2. The molecule has 0 fully saturated rings. The van der Waals surface area contributed by atoms with Crippen LogP contribution in [0, 0.1) is 0 Å². The van der Waals surface area contributed by atoms with Crippen molar-refractivity contribution in [2.75, 3.05) is 6.61 Å². The van der Waals surface area contributed by atoms with Gasteiger partial charge in [0, 0.05) is 0 Å². The van der Waals surface area contributed by atoms with E-state index in [4.69, 9.17) is 14.9 Å². The zero-order valence-corrected chi connectivity index (χ0v) is 7.00. The van der Waals surface area contributed by atoms with Crippen molar-refractivity contribution in [2.24, 2.45) is 0 Å². The minimum absolute atomic E-state index is 0.602. The van der Waals surface area contributed by atoms with Gasteiger partial charge in [0.25, 0.3) is 0 Å². The molecule has 0 aliphatic carbocycles. The van der Waals surface area contributed by atoms with Crippen molar-refractivity contribution >= 4 is 5.97 Å². The topological polar surface area (TPSA) is 66.8 Å². The van der Waals surface area contributed by atoms with Gasteiger partial charge in [-0.05, 0) is 20.8 Å². The molecule has 0 spiro atoms. The molecule has 0 amide bonds. The van der Waals surface area contributed by atoms with E-state index in [1.165, 1.54) is 0 Å². The minimum Gasteiger partial charge on any atom is -0.458 e. The lowest BCUT2D eigenvalue weighted by atomic mass is 10.2. The van der Waals surface area contributed by atoms with Gasteiger partial charge in [-0.1, -0.05) is 0 Å². The zero-order valence-electron chi connectivity index (χ0n) is 7.00. The highest BCUT2D eigenvalue weighted by Crippen LogP contribution is 2.07. The van der Waals surface area contributed by atoms with Crippen LogP contribution in [0.1, 0.15) is 20.8 Å². The second-order valence-corrected chi connectivity index (χ2v) is 3.23. The molecule has 0 aromatic heterocycles. The molecule has 0 aliphatic rings. The second kappa shape index (κ2) is 3.69. The molecular weight excluding hydrogens is 148 g/mol. The molecule has 0 bridgehead atoms. The summed E-state index contributed by atoms with van der Waals surface area (Å²) in [4.78, 5) is 10.8. The van der Waals surface area contributed by atoms with Crippen LogP contribution in [-0.4, -0.2) is 34.5 Å². The van der Waals surface area contributed by atoms with Crippen LogP contribution < -0.4 is 0 Å². The average Bonchev–Trinajstić information content (AvgIpc) is 1.82. The molecule has 0 aromatic rings. The largest absolute Gasteiger partial charge is 0.458 e. The van der Waals surface area contributed by atoms with E-state index in [2.05, 4.69) is 0 Å². The van der Waals surface area contributed by atoms with E-state index in [-0.39, 0.29) is 0 Å². The number of ether oxygens (including phenoxy) is 1. The number of hydrogen-bond acceptors (Lipinski definition) is 4. The van der Waals surface area contributed by atoms with Gasteiger partial charge in [-0.3, -0.25) is 0 Å². The number of rotatable bonds is 2. The van der Waals surface area contributed by atoms with Crippen molar-refractivity contribution < 1.29 is 19.7 Å². The van der Waals surface area contributed by atoms with Crippen LogP contribution >= 0.6 is 0 Å². The Bertz CT molecular complexity index is 136. The Morgan fingerprint density at radius 2 is 2.00 bits per heavy atom. The lowest BCUT2D eigenvalue weighted by Crippen LogP contribution is -2.33. The van der Waals surface area contributed by atoms with E-state index in [9.17, 15) is 4.79 Å². The smallest absolute Gasteiger partial charge is 0.337 e. The average molecular weight is 162 g/mol. The van der Waals surface area contributed by atoms with E-state index >= 15 is 0 Å². The maximum atomic E-state index is 10.8. The molecule has 4 nitrogen and oxygen atoms in total. The third kappa shape index (κ3) is 4.75. The van der Waals surface area contributed by atoms with Crippen molar-refractivity contribution in [3.8, 4) is 0 Å². The van der Waals surface area contributed by atoms with Gasteiger partial charge in [-0.25, -0.2) is 4.79 Å². The van der Waals surface area contributed by atoms with Crippen molar-refractivity contribution in [1.82, 2.24) is 0 Å². The molecule has 0 saturated heterocycles. The Kier molecular flexibility index (Phi) is 3.48. The highest BCUT2D eigenvalue weighted by atomic mass is 16.6. The van der Waals surface area contributed by atoms with Crippen LogP contribution in [0.25, 0.3) is 0 Å². The summed E-state index contributed by atoms with van der Waals surface area (Å²) in [5.41, 5.74) is -0.618. The highest BCUT2D eigenvalue weighted by molar-refractivity contribution is 5.74. The summed E-state index contributed by atoms with van der Waals surface area (Å²) in [6.07, 6.45) is -1.42. The van der Waals surface area contributed by atoms with Gasteiger partial charge in [-0.15, -0.1) is 0 Å². The van der Waals surface area contributed by atoms with Crippen molar-refractivity contribution in [3.05, 3.63) is 0 Å². The SMILES string of the molecule is CC(C)(C)OC(=O)C(O)CO. The first-order valence-corrected chi connectivity index (χ1v) is 3.38. The molecule has 0 heterocycles. The molecule has 0 aromatic carbocycles. The summed E-state index contributed by atoms with van der Waals surface area (Å²) in [5, 5.41) is 17.1. The lowest BCUT2D eigenvalue weighted by molar-refractivity contribution is -0.166. The number of aliphatic hydroxyl groups is 2. The number of aliphatic hydroxyl groups excluding tert-OH is 2. The molecule has 0 rings (SSSR count). The van der Waals surface area contributed by atoms with Gasteiger partial charge in [0.1, 0.15) is 5.60 Å². The van der Waals surface area contributed by atoms with Crippen LogP contribution in [0.5, 0.6) is 0 Å². The Morgan fingerprint density at radius 3 is 2.27 bits per heavy atom. The van der Waals surface area contributed by atoms with E-state index in [1.807, 2.05) is 0 Å². The summed E-state index contributed by atoms with van der Waals surface area (Å²) in [5.74, 6) is -0.792. The van der Waals surface area contributed by atoms with Gasteiger partial charge < -0.3 is 14.9 Å². The monoisotopic (exact) mass is 162 g/mol. The molecule has 1 unspecified atom stereocenters. The summed E-state index contributed by atoms with van der Waals surface area (Å²) in [6, 6.07) is 0. The van der Waals surface area contributed by atoms with Gasteiger partial charge in [0.2, 0.25) is 0 Å². The zero-order chi connectivity index (χ0) is 9.07. The van der Waals surface area contributed by atoms with E-state index < -0.39 is 24.3 Å². The molecule has 0 radical (unpaired) electrons. The van der Waals surface area contributed by atoms with Gasteiger partial charge in [-0.2, -0.15) is 0 Å². The fourth-order valence-corrected chi connectivity index (χ4v) is 0.444. The predicted octanol–water partition coefficient (Wildman–Crippen LogP) is -0.319. The molecule has 66 valence electrons. The van der Waals surface area contributed by atoms with Crippen LogP contribution in [-0.2, 0) is 9.53 Å². The summed E-state index contributed by atoms with van der Waals surface area (Å²) in [6.45, 7) is 4.47. The van der Waals surface area contributed by atoms with Crippen molar-refractivity contribution in [1.29, 1.82) is 0 Å². The maximum absolute atomic E-state index is 10.8. The van der Waals surface area contributed by atoms with Gasteiger partial charge in [0.05, 0.1) is 6.61 Å². The Morgan fingerprint density at radius 1 is 1.55 bits per heavy atom. The lowest BCUT2D eigenvalue weighted by Gasteiger charge is -2.20. The Hall–Kier alpha value is -0.610. The Labute approximate surface area is 65.8 Å². The van der Waals surface area contributed by atoms with E-state index in [0.717, 1.165) is 0 Å². The minimum atomic E-state index is -1.42. The molecule has 1 atom stereocenters. The van der Waals surface area contributed by atoms with Crippen molar-refractivity contribution in [3.63, 3.8) is 0 Å². The quantitative estimate of drug-likeness (QED) is 0.546. The molecule has 2 N–H and O–H groups in total. The number of carbonyl (C=O) groups excluding carboxylic acids is 1. The maximum Gasteiger partial charge on any atom is 0.337 e. The van der Waals surface area contributed by atoms with Crippen LogP contribution in [0.4, 0.5) is 0 Å². The third-order valence-corrected chi connectivity index (χ3v) is 0.852. The first-order chi connectivity index (χ1) is 4.87. The van der Waals surface area contributed by atoms with E-state index in [1.54, 1.807) is 20.8 Å². The standard InChI is InChI=1S/C7H14O4/c1-7(2,3)11-6(10)5(9)4-8/h5,8-9H,4H2,1-3H3. The van der Waals surface area contributed by atoms with Crippen LogP contribution in [0.2, 0.25) is 0 Å². The summed E-state index contributed by atoms with van der Waals surface area (Å²) < 4.78 is 4.74. The molecule has 0 aliphatic heterocycles. The Balaban J connectivity index is 3.88. The predicted molar refractivity (Wildman–Crippen MR) is 38.9 cm³/mol. The van der Waals surface area contributed by atoms with Crippen molar-refractivity contribution in [2.45, 2.75) is 32.5 Å².